The van der Waals surface area contributed by atoms with Crippen LogP contribution in [0.5, 0.6) is 0 Å². The maximum Gasteiger partial charge on any atom is 0.235 e. The zero-order chi connectivity index (χ0) is 17.4. The van der Waals surface area contributed by atoms with E-state index < -0.39 is 0 Å². The summed E-state index contributed by atoms with van der Waals surface area (Å²) in [6.45, 7) is 3.17. The number of halogens is 1. The van der Waals surface area contributed by atoms with Gasteiger partial charge in [-0.05, 0) is 37.6 Å². The molecule has 1 aliphatic heterocycles. The SMILES string of the molecule is Cc1noc(C2CCN(c3oc(-c4ccc(Cl)cc4)nc3C#N)C2)n1. The molecule has 0 saturated carbocycles. The van der Waals surface area contributed by atoms with Gasteiger partial charge in [0, 0.05) is 23.7 Å². The second kappa shape index (κ2) is 6.22. The molecule has 0 spiro atoms. The van der Waals surface area contributed by atoms with E-state index in [0.717, 1.165) is 18.5 Å². The van der Waals surface area contributed by atoms with Gasteiger partial charge in [-0.25, -0.2) is 0 Å². The van der Waals surface area contributed by atoms with Crippen molar-refractivity contribution < 1.29 is 8.94 Å². The predicted octanol–water partition coefficient (Wildman–Crippen LogP) is 3.55. The van der Waals surface area contributed by atoms with E-state index in [9.17, 15) is 5.26 Å². The molecule has 1 atom stereocenters. The number of oxazole rings is 1. The lowest BCUT2D eigenvalue weighted by Crippen LogP contribution is -2.19. The first kappa shape index (κ1) is 15.7. The standard InChI is InChI=1S/C17H14ClN5O2/c1-10-20-16(25-22-10)12-6-7-23(9-12)17-14(8-19)21-15(24-17)11-2-4-13(18)5-3-11/h2-5,12H,6-7,9H2,1H3. The predicted molar refractivity (Wildman–Crippen MR) is 90.3 cm³/mol. The Hall–Kier alpha value is -2.85. The lowest BCUT2D eigenvalue weighted by molar-refractivity contribution is 0.356. The quantitative estimate of drug-likeness (QED) is 0.709. The molecule has 1 fully saturated rings. The van der Waals surface area contributed by atoms with E-state index in [1.165, 1.54) is 0 Å². The van der Waals surface area contributed by atoms with Crippen molar-refractivity contribution in [3.63, 3.8) is 0 Å². The highest BCUT2D eigenvalue weighted by Crippen LogP contribution is 2.34. The average Bonchev–Trinajstić information content (AvgIpc) is 3.33. The maximum atomic E-state index is 9.41. The van der Waals surface area contributed by atoms with Gasteiger partial charge < -0.3 is 13.8 Å². The summed E-state index contributed by atoms with van der Waals surface area (Å²) in [6, 6.07) is 9.25. The fraction of sp³-hybridized carbons (Fsp3) is 0.294. The van der Waals surface area contributed by atoms with Gasteiger partial charge in [-0.15, -0.1) is 0 Å². The summed E-state index contributed by atoms with van der Waals surface area (Å²) < 4.78 is 11.2. The van der Waals surface area contributed by atoms with E-state index >= 15 is 0 Å². The summed E-state index contributed by atoms with van der Waals surface area (Å²) in [5.74, 6) is 2.25. The van der Waals surface area contributed by atoms with Gasteiger partial charge in [-0.3, -0.25) is 0 Å². The third-order valence-electron chi connectivity index (χ3n) is 4.17. The number of aromatic nitrogens is 3. The van der Waals surface area contributed by atoms with Crippen molar-refractivity contribution in [1.82, 2.24) is 15.1 Å². The van der Waals surface area contributed by atoms with E-state index in [1.54, 1.807) is 19.1 Å². The normalized spacial score (nSPS) is 17.0. The van der Waals surface area contributed by atoms with Gasteiger partial charge in [-0.1, -0.05) is 16.8 Å². The molecule has 0 radical (unpaired) electrons. The number of nitrogens with zero attached hydrogens (tertiary/aromatic N) is 5. The second-order valence-corrected chi connectivity index (χ2v) is 6.34. The van der Waals surface area contributed by atoms with Crippen LogP contribution in [0.1, 0.15) is 29.7 Å². The maximum absolute atomic E-state index is 9.41. The van der Waals surface area contributed by atoms with Crippen LogP contribution in [-0.2, 0) is 0 Å². The van der Waals surface area contributed by atoms with E-state index in [4.69, 9.17) is 20.5 Å². The van der Waals surface area contributed by atoms with E-state index in [2.05, 4.69) is 21.2 Å². The molecular formula is C17H14ClN5O2. The van der Waals surface area contributed by atoms with Crippen molar-refractivity contribution in [3.8, 4) is 17.5 Å². The van der Waals surface area contributed by atoms with Crippen molar-refractivity contribution in [1.29, 1.82) is 5.26 Å². The molecule has 1 aliphatic rings. The first-order chi connectivity index (χ1) is 12.1. The van der Waals surface area contributed by atoms with Crippen LogP contribution >= 0.6 is 11.6 Å². The molecule has 0 aliphatic carbocycles. The lowest BCUT2D eigenvalue weighted by Gasteiger charge is -2.13. The van der Waals surface area contributed by atoms with Crippen LogP contribution in [0.3, 0.4) is 0 Å². The smallest absolute Gasteiger partial charge is 0.235 e. The van der Waals surface area contributed by atoms with Gasteiger partial charge in [-0.2, -0.15) is 15.2 Å². The Morgan fingerprint density at radius 2 is 2.08 bits per heavy atom. The molecule has 1 aromatic carbocycles. The summed E-state index contributed by atoms with van der Waals surface area (Å²) in [5, 5.41) is 13.9. The largest absolute Gasteiger partial charge is 0.419 e. The molecule has 3 heterocycles. The minimum Gasteiger partial charge on any atom is -0.419 e. The van der Waals surface area contributed by atoms with Gasteiger partial charge >= 0.3 is 0 Å². The summed E-state index contributed by atoms with van der Waals surface area (Å²) >= 11 is 5.91. The topological polar surface area (TPSA) is 92.0 Å². The summed E-state index contributed by atoms with van der Waals surface area (Å²) in [5.41, 5.74) is 1.04. The zero-order valence-electron chi connectivity index (χ0n) is 13.4. The summed E-state index contributed by atoms with van der Waals surface area (Å²) in [6.07, 6.45) is 0.851. The monoisotopic (exact) mass is 355 g/mol. The molecule has 7 nitrogen and oxygen atoms in total. The minimum atomic E-state index is 0.122. The van der Waals surface area contributed by atoms with Crippen LogP contribution in [0.2, 0.25) is 5.02 Å². The van der Waals surface area contributed by atoms with E-state index in [1.807, 2.05) is 17.0 Å². The first-order valence-electron chi connectivity index (χ1n) is 7.86. The molecule has 1 saturated heterocycles. The lowest BCUT2D eigenvalue weighted by atomic mass is 10.1. The van der Waals surface area contributed by atoms with Crippen molar-refractivity contribution in [2.75, 3.05) is 18.0 Å². The number of anilines is 1. The fourth-order valence-corrected chi connectivity index (χ4v) is 3.07. The third-order valence-corrected chi connectivity index (χ3v) is 4.43. The van der Waals surface area contributed by atoms with Crippen LogP contribution in [0.4, 0.5) is 5.88 Å². The molecule has 0 bridgehead atoms. The number of nitriles is 1. The number of benzene rings is 1. The van der Waals surface area contributed by atoms with Gasteiger partial charge in [0.1, 0.15) is 6.07 Å². The van der Waals surface area contributed by atoms with Crippen molar-refractivity contribution in [2.24, 2.45) is 0 Å². The molecule has 25 heavy (non-hydrogen) atoms. The van der Waals surface area contributed by atoms with Gasteiger partial charge in [0.15, 0.2) is 5.82 Å². The highest BCUT2D eigenvalue weighted by atomic mass is 35.5. The number of hydrogen-bond donors (Lipinski definition) is 0. The summed E-state index contributed by atoms with van der Waals surface area (Å²) in [7, 11) is 0. The Morgan fingerprint density at radius 3 is 2.76 bits per heavy atom. The second-order valence-electron chi connectivity index (χ2n) is 5.90. The van der Waals surface area contributed by atoms with Crippen LogP contribution < -0.4 is 4.90 Å². The van der Waals surface area contributed by atoms with Crippen LogP contribution in [-0.4, -0.2) is 28.2 Å². The van der Waals surface area contributed by atoms with E-state index in [0.29, 0.717) is 35.1 Å². The Kier molecular flexibility index (Phi) is 3.90. The molecule has 1 unspecified atom stereocenters. The van der Waals surface area contributed by atoms with Gasteiger partial charge in [0.25, 0.3) is 0 Å². The Labute approximate surface area is 148 Å². The molecule has 126 valence electrons. The molecule has 0 N–H and O–H groups in total. The van der Waals surface area contributed by atoms with Gasteiger partial charge in [0.2, 0.25) is 23.4 Å². The first-order valence-corrected chi connectivity index (χ1v) is 8.24. The van der Waals surface area contributed by atoms with Gasteiger partial charge in [0.05, 0.1) is 5.92 Å². The molecule has 2 aromatic heterocycles. The molecule has 4 rings (SSSR count). The Bertz CT molecular complexity index is 941. The summed E-state index contributed by atoms with van der Waals surface area (Å²) in [4.78, 5) is 10.6. The highest BCUT2D eigenvalue weighted by molar-refractivity contribution is 6.30. The minimum absolute atomic E-state index is 0.122. The molecule has 3 aromatic rings. The average molecular weight is 356 g/mol. The zero-order valence-corrected chi connectivity index (χ0v) is 14.2. The number of hydrogen-bond acceptors (Lipinski definition) is 7. The molecular weight excluding hydrogens is 342 g/mol. The Morgan fingerprint density at radius 1 is 1.28 bits per heavy atom. The molecule has 8 heteroatoms. The highest BCUT2D eigenvalue weighted by Gasteiger charge is 2.32. The van der Waals surface area contributed by atoms with Crippen LogP contribution in [0.15, 0.2) is 33.2 Å². The Balaban J connectivity index is 1.60. The third kappa shape index (κ3) is 2.96. The van der Waals surface area contributed by atoms with E-state index in [-0.39, 0.29) is 11.6 Å². The number of rotatable bonds is 3. The van der Waals surface area contributed by atoms with Crippen molar-refractivity contribution >= 4 is 17.5 Å². The fourth-order valence-electron chi connectivity index (χ4n) is 2.94. The van der Waals surface area contributed by atoms with Crippen LogP contribution in [0, 0.1) is 18.3 Å². The van der Waals surface area contributed by atoms with Crippen molar-refractivity contribution in [2.45, 2.75) is 19.3 Å². The van der Waals surface area contributed by atoms with Crippen molar-refractivity contribution in [3.05, 3.63) is 46.7 Å². The molecule has 0 amide bonds. The number of aryl methyl sites for hydroxylation is 1. The van der Waals surface area contributed by atoms with Crippen LogP contribution in [0.25, 0.3) is 11.5 Å².